The molecule has 0 heterocycles. The van der Waals surface area contributed by atoms with Gasteiger partial charge in [-0.15, -0.1) is 0 Å². The predicted molar refractivity (Wildman–Crippen MR) is 113 cm³/mol. The molecule has 0 aromatic rings. The highest BCUT2D eigenvalue weighted by molar-refractivity contribution is 6.01. The molecular weight excluding hydrogens is 399 g/mol. The summed E-state index contributed by atoms with van der Waals surface area (Å²) >= 11 is 0. The number of aliphatic hydroxyl groups excluding tert-OH is 1. The van der Waals surface area contributed by atoms with E-state index in [1.165, 1.54) is 19.1 Å². The number of aliphatic hydroxyl groups is 1. The Kier molecular flexibility index (Phi) is 4.94. The van der Waals surface area contributed by atoms with Gasteiger partial charge in [0, 0.05) is 29.1 Å². The molecular formula is C25H33FO5. The highest BCUT2D eigenvalue weighted by Crippen LogP contribution is 2.71. The van der Waals surface area contributed by atoms with E-state index >= 15 is 4.39 Å². The number of alkyl halides is 1. The summed E-state index contributed by atoms with van der Waals surface area (Å²) < 4.78 is 23.0. The third-order valence-corrected chi connectivity index (χ3v) is 9.27. The molecule has 0 unspecified atom stereocenters. The number of esters is 1. The predicted octanol–water partition coefficient (Wildman–Crippen LogP) is 3.88. The Balaban J connectivity index is 1.84. The van der Waals surface area contributed by atoms with Crippen LogP contribution in [0.2, 0.25) is 0 Å². The van der Waals surface area contributed by atoms with Crippen LogP contribution in [0, 0.1) is 28.6 Å². The minimum atomic E-state index is -1.96. The lowest BCUT2D eigenvalue weighted by atomic mass is 9.44. The minimum Gasteiger partial charge on any atom is -0.450 e. The van der Waals surface area contributed by atoms with Gasteiger partial charge < -0.3 is 9.84 Å². The van der Waals surface area contributed by atoms with E-state index < -0.39 is 40.1 Å². The first-order valence-corrected chi connectivity index (χ1v) is 11.4. The molecule has 3 saturated carbocycles. The van der Waals surface area contributed by atoms with Gasteiger partial charge in [-0.3, -0.25) is 14.4 Å². The Labute approximate surface area is 183 Å². The van der Waals surface area contributed by atoms with Gasteiger partial charge in [0.1, 0.15) is 0 Å². The van der Waals surface area contributed by atoms with Gasteiger partial charge in [0.25, 0.3) is 0 Å². The van der Waals surface area contributed by atoms with Crippen LogP contribution in [-0.2, 0) is 19.1 Å². The Morgan fingerprint density at radius 3 is 2.58 bits per heavy atom. The molecule has 3 fully saturated rings. The fraction of sp³-hybridized carbons (Fsp3) is 0.720. The number of hydrogen-bond acceptors (Lipinski definition) is 5. The maximum absolute atomic E-state index is 17.1. The van der Waals surface area contributed by atoms with Crippen molar-refractivity contribution in [3.63, 3.8) is 0 Å². The molecule has 170 valence electrons. The molecule has 0 radical (unpaired) electrons. The fourth-order valence-corrected chi connectivity index (χ4v) is 7.82. The summed E-state index contributed by atoms with van der Waals surface area (Å²) in [5.41, 5.74) is -4.55. The van der Waals surface area contributed by atoms with Crippen molar-refractivity contribution in [1.29, 1.82) is 0 Å². The van der Waals surface area contributed by atoms with E-state index in [2.05, 4.69) is 0 Å². The van der Waals surface area contributed by atoms with Crippen molar-refractivity contribution in [1.82, 2.24) is 0 Å². The summed E-state index contributed by atoms with van der Waals surface area (Å²) in [6, 6.07) is 0. The third-order valence-electron chi connectivity index (χ3n) is 9.27. The van der Waals surface area contributed by atoms with E-state index in [1.54, 1.807) is 19.9 Å². The SMILES string of the molecule is CCC(=O)O[C@@]1(C(C)=O)[C@H](C)C[C@H]2[C@@H]3CCC4=CC(=O)C=C[C@]4(C)[C@@]3(F)[C@@H](O)C[C@@]21C. The van der Waals surface area contributed by atoms with Crippen LogP contribution in [0.3, 0.4) is 0 Å². The van der Waals surface area contributed by atoms with Crippen molar-refractivity contribution in [3.05, 3.63) is 23.8 Å². The number of ether oxygens (including phenoxy) is 1. The Morgan fingerprint density at radius 2 is 1.97 bits per heavy atom. The zero-order chi connectivity index (χ0) is 23.0. The van der Waals surface area contributed by atoms with Gasteiger partial charge >= 0.3 is 5.97 Å². The van der Waals surface area contributed by atoms with Crippen molar-refractivity contribution >= 4 is 17.5 Å². The lowest BCUT2D eigenvalue weighted by Gasteiger charge is -2.62. The molecule has 31 heavy (non-hydrogen) atoms. The standard InChI is InChI=1S/C25H33FO5/c1-6-21(30)31-25(15(3)27)14(2)11-19-18-8-7-16-12-17(28)9-10-22(16,4)24(18,26)20(29)13-23(19,25)5/h9-10,12,14,18-20,29H,6-8,11,13H2,1-5H3/t14-,18+,19+,20+,22+,23+,24+,25-/m1/s1. The number of carbonyl (C=O) groups excluding carboxylic acids is 3. The molecule has 1 N–H and O–H groups in total. The molecule has 0 aromatic heterocycles. The zero-order valence-electron chi connectivity index (χ0n) is 19.0. The number of carbonyl (C=O) groups is 3. The van der Waals surface area contributed by atoms with Crippen LogP contribution in [0.25, 0.3) is 0 Å². The molecule has 0 spiro atoms. The van der Waals surface area contributed by atoms with Gasteiger partial charge in [-0.1, -0.05) is 32.4 Å². The largest absolute Gasteiger partial charge is 0.450 e. The summed E-state index contributed by atoms with van der Waals surface area (Å²) in [6.45, 7) is 8.69. The van der Waals surface area contributed by atoms with Crippen molar-refractivity contribution < 1.29 is 28.6 Å². The van der Waals surface area contributed by atoms with Gasteiger partial charge in [0.2, 0.25) is 0 Å². The Bertz CT molecular complexity index is 908. The fourth-order valence-electron chi connectivity index (χ4n) is 7.82. The molecule has 0 saturated heterocycles. The molecule has 0 aromatic carbocycles. The van der Waals surface area contributed by atoms with Gasteiger partial charge in [0.05, 0.1) is 6.10 Å². The van der Waals surface area contributed by atoms with Crippen molar-refractivity contribution in [2.75, 3.05) is 0 Å². The third kappa shape index (κ3) is 2.54. The maximum Gasteiger partial charge on any atom is 0.306 e. The lowest BCUT2D eigenvalue weighted by molar-refractivity contribution is -0.227. The number of allylic oxidation sites excluding steroid dienone is 4. The smallest absolute Gasteiger partial charge is 0.306 e. The van der Waals surface area contributed by atoms with Crippen LogP contribution >= 0.6 is 0 Å². The van der Waals surface area contributed by atoms with E-state index in [0.717, 1.165) is 5.57 Å². The van der Waals surface area contributed by atoms with Crippen molar-refractivity contribution in [3.8, 4) is 0 Å². The summed E-state index contributed by atoms with van der Waals surface area (Å²) in [5, 5.41) is 11.4. The molecule has 0 amide bonds. The van der Waals surface area contributed by atoms with Crippen LogP contribution in [-0.4, -0.2) is 40.0 Å². The number of fused-ring (bicyclic) bond motifs is 5. The number of halogens is 1. The Hall–Kier alpha value is -1.82. The first kappa shape index (κ1) is 22.4. The number of ketones is 2. The number of Topliss-reactive ketones (excluding diaryl/α,β-unsaturated/α-hetero) is 1. The minimum absolute atomic E-state index is 0.0240. The molecule has 8 atom stereocenters. The van der Waals surface area contributed by atoms with Gasteiger partial charge in [-0.05, 0) is 57.6 Å². The molecule has 0 aliphatic heterocycles. The van der Waals surface area contributed by atoms with Crippen molar-refractivity contribution in [2.45, 2.75) is 84.1 Å². The van der Waals surface area contributed by atoms with Crippen molar-refractivity contribution in [2.24, 2.45) is 28.6 Å². The van der Waals surface area contributed by atoms with Crippen LogP contribution in [0.1, 0.15) is 66.7 Å². The molecule has 4 aliphatic rings. The highest BCUT2D eigenvalue weighted by atomic mass is 19.1. The summed E-state index contributed by atoms with van der Waals surface area (Å²) in [7, 11) is 0. The van der Waals surface area contributed by atoms with E-state index in [-0.39, 0.29) is 36.2 Å². The maximum atomic E-state index is 17.1. The van der Waals surface area contributed by atoms with Gasteiger partial charge in [-0.2, -0.15) is 0 Å². The first-order valence-electron chi connectivity index (χ1n) is 11.4. The first-order chi connectivity index (χ1) is 14.4. The second-order valence-corrected chi connectivity index (χ2v) is 10.5. The van der Waals surface area contributed by atoms with Gasteiger partial charge in [-0.25, -0.2) is 4.39 Å². The van der Waals surface area contributed by atoms with Crippen LogP contribution in [0.5, 0.6) is 0 Å². The van der Waals surface area contributed by atoms with E-state index in [0.29, 0.717) is 19.3 Å². The van der Waals surface area contributed by atoms with Crippen LogP contribution < -0.4 is 0 Å². The molecule has 4 rings (SSSR count). The molecule has 6 heteroatoms. The highest BCUT2D eigenvalue weighted by Gasteiger charge is 2.76. The van der Waals surface area contributed by atoms with E-state index in [4.69, 9.17) is 4.74 Å². The summed E-state index contributed by atoms with van der Waals surface area (Å²) in [5.74, 6) is -1.86. The summed E-state index contributed by atoms with van der Waals surface area (Å²) in [6.07, 6.45) is 4.95. The van der Waals surface area contributed by atoms with Crippen LogP contribution in [0.15, 0.2) is 23.8 Å². The Morgan fingerprint density at radius 1 is 1.29 bits per heavy atom. The number of rotatable bonds is 3. The average Bonchev–Trinajstić information content (AvgIpc) is 2.91. The van der Waals surface area contributed by atoms with Gasteiger partial charge in [0.15, 0.2) is 22.8 Å². The second kappa shape index (κ2) is 6.84. The topological polar surface area (TPSA) is 80.7 Å². The number of hydrogen-bond donors (Lipinski definition) is 1. The normalized spacial score (nSPS) is 48.4. The van der Waals surface area contributed by atoms with E-state index in [9.17, 15) is 19.5 Å². The zero-order valence-corrected chi connectivity index (χ0v) is 19.0. The molecule has 0 bridgehead atoms. The quantitative estimate of drug-likeness (QED) is 0.685. The average molecular weight is 433 g/mol. The molecule has 4 aliphatic carbocycles. The second-order valence-electron chi connectivity index (χ2n) is 10.5. The van der Waals surface area contributed by atoms with Crippen LogP contribution in [0.4, 0.5) is 4.39 Å². The summed E-state index contributed by atoms with van der Waals surface area (Å²) in [4.78, 5) is 37.4. The lowest BCUT2D eigenvalue weighted by Crippen LogP contribution is -2.69. The molecule has 5 nitrogen and oxygen atoms in total. The monoisotopic (exact) mass is 432 g/mol. The van der Waals surface area contributed by atoms with E-state index in [1.807, 2.05) is 13.8 Å².